The number of rotatable bonds is 5. The molecule has 2 aromatic rings. The monoisotopic (exact) mass is 340 g/mol. The first-order valence-corrected chi connectivity index (χ1v) is 8.99. The van der Waals surface area contributed by atoms with Gasteiger partial charge in [0.25, 0.3) is 0 Å². The molecule has 1 aromatic carbocycles. The number of hydrogen-bond acceptors (Lipinski definition) is 4. The minimum atomic E-state index is 0.0693. The van der Waals surface area contributed by atoms with Gasteiger partial charge in [-0.2, -0.15) is 0 Å². The Balaban J connectivity index is 1.17. The first-order chi connectivity index (χ1) is 12.3. The minimum absolute atomic E-state index is 0.0693. The standard InChI is InChI=1S/C19H24N4O2/c24-19(20-13-16-12-18(16)15-4-2-1-3-5-15)23-9-7-22(8-10-23)14-17-6-11-25-21-17/h1-6,11,16,18H,7-10,12-14H2,(H,20,24)/t16-,18+/m0/s1. The number of carbonyl (C=O) groups excluding carboxylic acids is 1. The van der Waals surface area contributed by atoms with E-state index in [2.05, 4.69) is 39.6 Å². The van der Waals surface area contributed by atoms with Gasteiger partial charge in [-0.15, -0.1) is 0 Å². The molecule has 0 bridgehead atoms. The summed E-state index contributed by atoms with van der Waals surface area (Å²) in [5.41, 5.74) is 2.34. The molecule has 0 radical (unpaired) electrons. The number of aromatic nitrogens is 1. The second-order valence-corrected chi connectivity index (χ2v) is 6.95. The van der Waals surface area contributed by atoms with Gasteiger partial charge in [0.15, 0.2) is 0 Å². The summed E-state index contributed by atoms with van der Waals surface area (Å²) >= 11 is 0. The van der Waals surface area contributed by atoms with Crippen LogP contribution in [0.5, 0.6) is 0 Å². The normalized spacial score (nSPS) is 23.4. The average molecular weight is 340 g/mol. The molecule has 6 nitrogen and oxygen atoms in total. The van der Waals surface area contributed by atoms with Crippen molar-refractivity contribution in [1.29, 1.82) is 0 Å². The molecule has 0 unspecified atom stereocenters. The highest BCUT2D eigenvalue weighted by molar-refractivity contribution is 5.74. The van der Waals surface area contributed by atoms with Crippen molar-refractivity contribution in [1.82, 2.24) is 20.3 Å². The van der Waals surface area contributed by atoms with Crippen molar-refractivity contribution in [3.05, 3.63) is 53.9 Å². The highest BCUT2D eigenvalue weighted by Gasteiger charge is 2.38. The van der Waals surface area contributed by atoms with Crippen LogP contribution in [-0.4, -0.2) is 53.7 Å². The van der Waals surface area contributed by atoms with Crippen LogP contribution in [0.15, 0.2) is 47.2 Å². The second kappa shape index (κ2) is 7.27. The van der Waals surface area contributed by atoms with Gasteiger partial charge in [0.1, 0.15) is 6.26 Å². The van der Waals surface area contributed by atoms with Gasteiger partial charge in [0, 0.05) is 45.3 Å². The molecule has 1 aliphatic heterocycles. The highest BCUT2D eigenvalue weighted by Crippen LogP contribution is 2.46. The Morgan fingerprint density at radius 2 is 1.96 bits per heavy atom. The lowest BCUT2D eigenvalue weighted by atomic mass is 10.1. The lowest BCUT2D eigenvalue weighted by Crippen LogP contribution is -2.51. The fourth-order valence-corrected chi connectivity index (χ4v) is 3.57. The Bertz CT molecular complexity index is 681. The van der Waals surface area contributed by atoms with Gasteiger partial charge in [0.05, 0.1) is 5.69 Å². The predicted octanol–water partition coefficient (Wildman–Crippen LogP) is 2.31. The van der Waals surface area contributed by atoms with E-state index in [4.69, 9.17) is 4.52 Å². The van der Waals surface area contributed by atoms with Gasteiger partial charge >= 0.3 is 6.03 Å². The van der Waals surface area contributed by atoms with E-state index in [9.17, 15) is 4.79 Å². The first-order valence-electron chi connectivity index (χ1n) is 8.99. The zero-order chi connectivity index (χ0) is 17.1. The molecule has 4 rings (SSSR count). The van der Waals surface area contributed by atoms with E-state index in [0.29, 0.717) is 11.8 Å². The number of nitrogens with one attached hydrogen (secondary N) is 1. The van der Waals surface area contributed by atoms with E-state index >= 15 is 0 Å². The fourth-order valence-electron chi connectivity index (χ4n) is 3.57. The lowest BCUT2D eigenvalue weighted by molar-refractivity contribution is 0.133. The zero-order valence-electron chi connectivity index (χ0n) is 14.3. The Morgan fingerprint density at radius 3 is 2.68 bits per heavy atom. The van der Waals surface area contributed by atoms with Gasteiger partial charge in [-0.05, 0) is 23.8 Å². The molecule has 2 atom stereocenters. The Morgan fingerprint density at radius 1 is 1.16 bits per heavy atom. The topological polar surface area (TPSA) is 61.6 Å². The van der Waals surface area contributed by atoms with Gasteiger partial charge in [-0.3, -0.25) is 4.90 Å². The van der Waals surface area contributed by atoms with Crippen molar-refractivity contribution in [3.8, 4) is 0 Å². The number of nitrogens with zero attached hydrogens (tertiary/aromatic N) is 3. The Labute approximate surface area is 147 Å². The van der Waals surface area contributed by atoms with E-state index < -0.39 is 0 Å². The third kappa shape index (κ3) is 4.02. The van der Waals surface area contributed by atoms with Gasteiger partial charge in [-0.1, -0.05) is 35.5 Å². The summed E-state index contributed by atoms with van der Waals surface area (Å²) < 4.78 is 4.87. The second-order valence-electron chi connectivity index (χ2n) is 6.95. The van der Waals surface area contributed by atoms with Crippen LogP contribution in [0.1, 0.15) is 23.6 Å². The summed E-state index contributed by atoms with van der Waals surface area (Å²) in [6.07, 6.45) is 2.77. The van der Waals surface area contributed by atoms with Crippen LogP contribution in [0.2, 0.25) is 0 Å². The third-order valence-electron chi connectivity index (χ3n) is 5.20. The SMILES string of the molecule is O=C(NC[C@@H]1C[C@@H]1c1ccccc1)N1CCN(Cc2ccon2)CC1. The van der Waals surface area contributed by atoms with Crippen LogP contribution in [0, 0.1) is 5.92 Å². The molecule has 2 aliphatic rings. The third-order valence-corrected chi connectivity index (χ3v) is 5.20. The molecule has 2 amide bonds. The van der Waals surface area contributed by atoms with Crippen LogP contribution in [0.25, 0.3) is 0 Å². The van der Waals surface area contributed by atoms with Crippen molar-refractivity contribution < 1.29 is 9.32 Å². The van der Waals surface area contributed by atoms with Crippen LogP contribution in [-0.2, 0) is 6.54 Å². The van der Waals surface area contributed by atoms with Crippen LogP contribution < -0.4 is 5.32 Å². The van der Waals surface area contributed by atoms with Gasteiger partial charge in [-0.25, -0.2) is 4.79 Å². The molecular weight excluding hydrogens is 316 g/mol. The maximum Gasteiger partial charge on any atom is 0.317 e. The molecule has 1 aromatic heterocycles. The number of carbonyl (C=O) groups is 1. The van der Waals surface area contributed by atoms with Crippen LogP contribution >= 0.6 is 0 Å². The van der Waals surface area contributed by atoms with Crippen molar-refractivity contribution in [2.24, 2.45) is 5.92 Å². The molecular formula is C19H24N4O2. The quantitative estimate of drug-likeness (QED) is 0.907. The lowest BCUT2D eigenvalue weighted by Gasteiger charge is -2.34. The van der Waals surface area contributed by atoms with E-state index in [-0.39, 0.29) is 6.03 Å². The molecule has 25 heavy (non-hydrogen) atoms. The molecule has 1 N–H and O–H groups in total. The molecule has 132 valence electrons. The fraction of sp³-hybridized carbons (Fsp3) is 0.474. The largest absolute Gasteiger partial charge is 0.364 e. The maximum atomic E-state index is 12.4. The van der Waals surface area contributed by atoms with Crippen molar-refractivity contribution in [3.63, 3.8) is 0 Å². The van der Waals surface area contributed by atoms with E-state index in [1.807, 2.05) is 17.0 Å². The van der Waals surface area contributed by atoms with Gasteiger partial charge < -0.3 is 14.7 Å². The first kappa shape index (κ1) is 16.1. The number of urea groups is 1. The molecule has 2 fully saturated rings. The van der Waals surface area contributed by atoms with Crippen molar-refractivity contribution in [2.45, 2.75) is 18.9 Å². The summed E-state index contributed by atoms with van der Waals surface area (Å²) in [6, 6.07) is 12.5. The summed E-state index contributed by atoms with van der Waals surface area (Å²) in [5.74, 6) is 1.20. The molecule has 0 spiro atoms. The Hall–Kier alpha value is -2.34. The van der Waals surface area contributed by atoms with Gasteiger partial charge in [0.2, 0.25) is 0 Å². The highest BCUT2D eigenvalue weighted by atomic mass is 16.5. The molecule has 2 heterocycles. The summed E-state index contributed by atoms with van der Waals surface area (Å²) in [5, 5.41) is 7.06. The number of benzene rings is 1. The minimum Gasteiger partial charge on any atom is -0.364 e. The van der Waals surface area contributed by atoms with Crippen molar-refractivity contribution >= 4 is 6.03 Å². The van der Waals surface area contributed by atoms with E-state index in [0.717, 1.165) is 45.0 Å². The molecule has 1 aliphatic carbocycles. The molecule has 1 saturated heterocycles. The summed E-state index contributed by atoms with van der Waals surface area (Å²) in [7, 11) is 0. The van der Waals surface area contributed by atoms with Crippen molar-refractivity contribution in [2.75, 3.05) is 32.7 Å². The summed E-state index contributed by atoms with van der Waals surface area (Å²) in [6.45, 7) is 4.82. The number of amides is 2. The Kier molecular flexibility index (Phi) is 4.70. The molecule has 1 saturated carbocycles. The van der Waals surface area contributed by atoms with E-state index in [1.165, 1.54) is 12.0 Å². The number of hydrogen-bond donors (Lipinski definition) is 1. The predicted molar refractivity (Wildman–Crippen MR) is 94.0 cm³/mol. The zero-order valence-corrected chi connectivity index (χ0v) is 14.3. The van der Waals surface area contributed by atoms with Crippen LogP contribution in [0.3, 0.4) is 0 Å². The van der Waals surface area contributed by atoms with E-state index in [1.54, 1.807) is 6.26 Å². The molecule has 6 heteroatoms. The maximum absolute atomic E-state index is 12.4. The smallest absolute Gasteiger partial charge is 0.317 e. The summed E-state index contributed by atoms with van der Waals surface area (Å²) in [4.78, 5) is 16.6. The number of piperazine rings is 1. The average Bonchev–Trinajstić information content (AvgIpc) is 3.27. The van der Waals surface area contributed by atoms with Crippen LogP contribution in [0.4, 0.5) is 4.79 Å².